The Morgan fingerprint density at radius 1 is 1.39 bits per heavy atom. The summed E-state index contributed by atoms with van der Waals surface area (Å²) in [5.74, 6) is 1.72. The Bertz CT molecular complexity index is 559. The molecule has 2 heterocycles. The molecule has 5 heteroatoms. The Balaban J connectivity index is 1.50. The second kappa shape index (κ2) is 7.81. The fourth-order valence-electron chi connectivity index (χ4n) is 3.00. The van der Waals surface area contributed by atoms with Crippen LogP contribution in [0.15, 0.2) is 23.8 Å². The second-order valence-electron chi connectivity index (χ2n) is 6.01. The van der Waals surface area contributed by atoms with E-state index < -0.39 is 0 Å². The number of fused-ring (bicyclic) bond motifs is 1. The largest absolute Gasteiger partial charge is 0.497 e. The van der Waals surface area contributed by atoms with Gasteiger partial charge in [0, 0.05) is 37.8 Å². The lowest BCUT2D eigenvalue weighted by Crippen LogP contribution is -2.46. The molecule has 1 atom stereocenters. The summed E-state index contributed by atoms with van der Waals surface area (Å²) in [6.07, 6.45) is 2.48. The lowest BCUT2D eigenvalue weighted by molar-refractivity contribution is -0.0249. The third-order valence-electron chi connectivity index (χ3n) is 4.39. The normalized spacial score (nSPS) is 21.3. The predicted octanol–water partition coefficient (Wildman–Crippen LogP) is 1.78. The summed E-state index contributed by atoms with van der Waals surface area (Å²) >= 11 is 0. The van der Waals surface area contributed by atoms with E-state index >= 15 is 0 Å². The standard InChI is InChI=1S/C18H26N2O3/c1-3-20-6-7-22-17(12-20)11-19-10-14-8-15-4-5-16(21-2)9-18(15)23-13-14/h4-5,8-9,17,19H,3,6-7,10-13H2,1-2H3/t17-/m0/s1. The number of likely N-dealkylation sites (N-methyl/N-ethyl adjacent to an activating group) is 1. The van der Waals surface area contributed by atoms with Crippen LogP contribution < -0.4 is 14.8 Å². The summed E-state index contributed by atoms with van der Waals surface area (Å²) < 4.78 is 16.9. The zero-order chi connectivity index (χ0) is 16.1. The van der Waals surface area contributed by atoms with Gasteiger partial charge in [0.15, 0.2) is 0 Å². The average Bonchev–Trinajstić information content (AvgIpc) is 2.61. The third kappa shape index (κ3) is 4.25. The monoisotopic (exact) mass is 318 g/mol. The number of nitrogens with zero attached hydrogens (tertiary/aromatic N) is 1. The van der Waals surface area contributed by atoms with E-state index in [0.29, 0.717) is 6.61 Å². The molecule has 1 N–H and O–H groups in total. The van der Waals surface area contributed by atoms with Crippen LogP contribution in [-0.2, 0) is 4.74 Å². The van der Waals surface area contributed by atoms with Gasteiger partial charge in [-0.1, -0.05) is 6.92 Å². The van der Waals surface area contributed by atoms with Gasteiger partial charge in [-0.15, -0.1) is 0 Å². The molecule has 23 heavy (non-hydrogen) atoms. The van der Waals surface area contributed by atoms with Gasteiger partial charge in [-0.2, -0.15) is 0 Å². The van der Waals surface area contributed by atoms with Gasteiger partial charge in [0.05, 0.1) is 19.8 Å². The molecule has 0 aromatic heterocycles. The van der Waals surface area contributed by atoms with Crippen LogP contribution in [0.2, 0.25) is 0 Å². The molecule has 0 saturated carbocycles. The van der Waals surface area contributed by atoms with Crippen molar-refractivity contribution in [2.24, 2.45) is 0 Å². The third-order valence-corrected chi connectivity index (χ3v) is 4.39. The highest BCUT2D eigenvalue weighted by molar-refractivity contribution is 5.63. The van der Waals surface area contributed by atoms with Gasteiger partial charge in [-0.3, -0.25) is 4.90 Å². The Morgan fingerprint density at radius 3 is 3.13 bits per heavy atom. The number of benzene rings is 1. The minimum atomic E-state index is 0.283. The highest BCUT2D eigenvalue weighted by Crippen LogP contribution is 2.30. The highest BCUT2D eigenvalue weighted by atomic mass is 16.5. The Kier molecular flexibility index (Phi) is 5.54. The summed E-state index contributed by atoms with van der Waals surface area (Å²) in [6.45, 7) is 8.53. The van der Waals surface area contributed by atoms with Gasteiger partial charge in [0.2, 0.25) is 0 Å². The van der Waals surface area contributed by atoms with Gasteiger partial charge < -0.3 is 19.5 Å². The molecule has 126 valence electrons. The van der Waals surface area contributed by atoms with E-state index in [1.54, 1.807) is 7.11 Å². The van der Waals surface area contributed by atoms with E-state index in [2.05, 4.69) is 23.2 Å². The molecule has 1 aromatic carbocycles. The van der Waals surface area contributed by atoms with Gasteiger partial charge in [0.1, 0.15) is 18.1 Å². The van der Waals surface area contributed by atoms with Crippen LogP contribution in [0.1, 0.15) is 12.5 Å². The van der Waals surface area contributed by atoms with Gasteiger partial charge in [-0.25, -0.2) is 0 Å². The van der Waals surface area contributed by atoms with Crippen molar-refractivity contribution in [2.75, 3.05) is 53.0 Å². The first-order valence-electron chi connectivity index (χ1n) is 8.33. The Labute approximate surface area is 138 Å². The van der Waals surface area contributed by atoms with E-state index in [4.69, 9.17) is 14.2 Å². The maximum atomic E-state index is 5.83. The van der Waals surface area contributed by atoms with Crippen molar-refractivity contribution in [1.82, 2.24) is 10.2 Å². The van der Waals surface area contributed by atoms with Gasteiger partial charge in [0.25, 0.3) is 0 Å². The number of hydrogen-bond acceptors (Lipinski definition) is 5. The molecule has 2 aliphatic rings. The lowest BCUT2D eigenvalue weighted by Gasteiger charge is -2.32. The smallest absolute Gasteiger partial charge is 0.130 e. The molecule has 1 saturated heterocycles. The van der Waals surface area contributed by atoms with Crippen molar-refractivity contribution in [3.05, 3.63) is 29.3 Å². The van der Waals surface area contributed by atoms with Crippen LogP contribution in [0, 0.1) is 0 Å². The first-order valence-corrected chi connectivity index (χ1v) is 8.33. The maximum absolute atomic E-state index is 5.83. The number of nitrogens with one attached hydrogen (secondary N) is 1. The van der Waals surface area contributed by atoms with Crippen molar-refractivity contribution in [2.45, 2.75) is 13.0 Å². The van der Waals surface area contributed by atoms with E-state index in [0.717, 1.165) is 56.4 Å². The molecule has 0 spiro atoms. The molecule has 1 fully saturated rings. The lowest BCUT2D eigenvalue weighted by atomic mass is 10.1. The summed E-state index contributed by atoms with van der Waals surface area (Å²) in [5, 5.41) is 3.50. The number of rotatable bonds is 6. The molecule has 2 aliphatic heterocycles. The Morgan fingerprint density at radius 2 is 2.30 bits per heavy atom. The molecule has 0 aliphatic carbocycles. The van der Waals surface area contributed by atoms with Gasteiger partial charge >= 0.3 is 0 Å². The molecular weight excluding hydrogens is 292 g/mol. The highest BCUT2D eigenvalue weighted by Gasteiger charge is 2.19. The molecular formula is C18H26N2O3. The number of morpholine rings is 1. The minimum Gasteiger partial charge on any atom is -0.497 e. The summed E-state index contributed by atoms with van der Waals surface area (Å²) in [6, 6.07) is 5.94. The molecule has 0 unspecified atom stereocenters. The Hall–Kier alpha value is -1.56. The fraction of sp³-hybridized carbons (Fsp3) is 0.556. The number of ether oxygens (including phenoxy) is 3. The quantitative estimate of drug-likeness (QED) is 0.866. The predicted molar refractivity (Wildman–Crippen MR) is 91.2 cm³/mol. The van der Waals surface area contributed by atoms with Crippen LogP contribution in [0.4, 0.5) is 0 Å². The van der Waals surface area contributed by atoms with Crippen LogP contribution in [0.5, 0.6) is 11.5 Å². The fourth-order valence-corrected chi connectivity index (χ4v) is 3.00. The summed E-state index contributed by atoms with van der Waals surface area (Å²) in [5.41, 5.74) is 2.37. The van der Waals surface area contributed by atoms with E-state index in [1.165, 1.54) is 5.57 Å². The van der Waals surface area contributed by atoms with Crippen molar-refractivity contribution < 1.29 is 14.2 Å². The molecule has 0 amide bonds. The molecule has 1 aromatic rings. The summed E-state index contributed by atoms with van der Waals surface area (Å²) in [4.78, 5) is 2.43. The van der Waals surface area contributed by atoms with E-state index in [1.807, 2.05) is 18.2 Å². The van der Waals surface area contributed by atoms with E-state index in [9.17, 15) is 0 Å². The van der Waals surface area contributed by atoms with Crippen molar-refractivity contribution >= 4 is 6.08 Å². The topological polar surface area (TPSA) is 43.0 Å². The van der Waals surface area contributed by atoms with E-state index in [-0.39, 0.29) is 6.10 Å². The van der Waals surface area contributed by atoms with Crippen molar-refractivity contribution in [1.29, 1.82) is 0 Å². The van der Waals surface area contributed by atoms with Crippen molar-refractivity contribution in [3.63, 3.8) is 0 Å². The molecule has 5 nitrogen and oxygen atoms in total. The first-order chi connectivity index (χ1) is 11.3. The van der Waals surface area contributed by atoms with Crippen LogP contribution in [0.3, 0.4) is 0 Å². The zero-order valence-corrected chi connectivity index (χ0v) is 14.0. The number of hydrogen-bond donors (Lipinski definition) is 1. The summed E-state index contributed by atoms with van der Waals surface area (Å²) in [7, 11) is 1.67. The van der Waals surface area contributed by atoms with Crippen molar-refractivity contribution in [3.8, 4) is 11.5 Å². The number of methoxy groups -OCH3 is 1. The maximum Gasteiger partial charge on any atom is 0.130 e. The van der Waals surface area contributed by atoms with Crippen LogP contribution >= 0.6 is 0 Å². The zero-order valence-electron chi connectivity index (χ0n) is 14.0. The second-order valence-corrected chi connectivity index (χ2v) is 6.01. The van der Waals surface area contributed by atoms with Crippen LogP contribution in [0.25, 0.3) is 6.08 Å². The average molecular weight is 318 g/mol. The molecule has 0 radical (unpaired) electrons. The first kappa shape index (κ1) is 16.3. The molecule has 0 bridgehead atoms. The molecule has 3 rings (SSSR count). The SMILES string of the molecule is CCN1CCO[C@@H](CNCC2=Cc3ccc(OC)cc3OC2)C1. The minimum absolute atomic E-state index is 0.283. The van der Waals surface area contributed by atoms with Crippen LogP contribution in [-0.4, -0.2) is 64.1 Å². The van der Waals surface area contributed by atoms with Gasteiger partial charge in [-0.05, 0) is 30.3 Å².